The van der Waals surface area contributed by atoms with E-state index < -0.39 is 0 Å². The second-order valence-electron chi connectivity index (χ2n) is 7.19. The summed E-state index contributed by atoms with van der Waals surface area (Å²) in [6, 6.07) is 2.40. The van der Waals surface area contributed by atoms with Crippen molar-refractivity contribution < 1.29 is 0 Å². The first kappa shape index (κ1) is 14.8. The molecule has 0 radical (unpaired) electrons. The van der Waals surface area contributed by atoms with Crippen molar-refractivity contribution >= 4 is 0 Å². The number of hydrogen-bond acceptors (Lipinski definition) is 3. The molecule has 0 aromatic rings. The van der Waals surface area contributed by atoms with E-state index in [0.717, 1.165) is 24.0 Å². The fourth-order valence-corrected chi connectivity index (χ4v) is 4.70. The Morgan fingerprint density at radius 1 is 1.05 bits per heavy atom. The van der Waals surface area contributed by atoms with Crippen molar-refractivity contribution in [3.8, 4) is 0 Å². The van der Waals surface area contributed by atoms with Gasteiger partial charge in [0, 0.05) is 18.1 Å². The summed E-state index contributed by atoms with van der Waals surface area (Å²) in [5.74, 6) is 0.908. The average molecular weight is 279 g/mol. The van der Waals surface area contributed by atoms with E-state index in [4.69, 9.17) is 0 Å². The van der Waals surface area contributed by atoms with Crippen LogP contribution in [0.4, 0.5) is 0 Å². The van der Waals surface area contributed by atoms with Gasteiger partial charge in [0.15, 0.2) is 0 Å². The molecule has 0 bridgehead atoms. The molecule has 20 heavy (non-hydrogen) atoms. The van der Waals surface area contributed by atoms with Gasteiger partial charge in [0.05, 0.1) is 0 Å². The van der Waals surface area contributed by atoms with Crippen molar-refractivity contribution in [2.75, 3.05) is 26.2 Å². The van der Waals surface area contributed by atoms with Crippen molar-refractivity contribution in [2.24, 2.45) is 5.92 Å². The third-order valence-corrected chi connectivity index (χ3v) is 5.76. The van der Waals surface area contributed by atoms with Gasteiger partial charge in [0.2, 0.25) is 0 Å². The quantitative estimate of drug-likeness (QED) is 0.809. The van der Waals surface area contributed by atoms with Gasteiger partial charge in [-0.1, -0.05) is 13.3 Å². The van der Waals surface area contributed by atoms with Crippen LogP contribution in [0.2, 0.25) is 0 Å². The maximum absolute atomic E-state index is 4.04. The van der Waals surface area contributed by atoms with Gasteiger partial charge in [0.25, 0.3) is 0 Å². The predicted octanol–water partition coefficient (Wildman–Crippen LogP) is 2.37. The van der Waals surface area contributed by atoms with Crippen molar-refractivity contribution in [2.45, 2.75) is 76.4 Å². The monoisotopic (exact) mass is 279 g/mol. The fraction of sp³-hybridized carbons (Fsp3) is 1.00. The topological polar surface area (TPSA) is 27.3 Å². The Balaban J connectivity index is 1.45. The lowest BCUT2D eigenvalue weighted by atomic mass is 9.91. The molecule has 2 aliphatic heterocycles. The van der Waals surface area contributed by atoms with Crippen molar-refractivity contribution in [3.63, 3.8) is 0 Å². The van der Waals surface area contributed by atoms with Gasteiger partial charge >= 0.3 is 0 Å². The SMILES string of the molecule is CCCN1CCC(NC2CCCC2C2CCCN2)CC1. The van der Waals surface area contributed by atoms with Gasteiger partial charge < -0.3 is 15.5 Å². The Morgan fingerprint density at radius 2 is 1.90 bits per heavy atom. The minimum Gasteiger partial charge on any atom is -0.314 e. The van der Waals surface area contributed by atoms with Crippen LogP contribution >= 0.6 is 0 Å². The van der Waals surface area contributed by atoms with Gasteiger partial charge in [-0.15, -0.1) is 0 Å². The first-order chi connectivity index (χ1) is 9.86. The number of piperidine rings is 1. The molecule has 0 spiro atoms. The van der Waals surface area contributed by atoms with E-state index in [1.165, 1.54) is 77.5 Å². The molecule has 0 amide bonds. The molecule has 3 rings (SSSR count). The minimum absolute atomic E-state index is 0.787. The Labute approximate surface area is 124 Å². The lowest BCUT2D eigenvalue weighted by Gasteiger charge is -2.36. The van der Waals surface area contributed by atoms with Crippen LogP contribution in [0, 0.1) is 5.92 Å². The molecule has 2 saturated heterocycles. The zero-order valence-corrected chi connectivity index (χ0v) is 13.2. The largest absolute Gasteiger partial charge is 0.314 e. The maximum atomic E-state index is 4.04. The third kappa shape index (κ3) is 3.55. The molecule has 3 fully saturated rings. The van der Waals surface area contributed by atoms with E-state index in [0.29, 0.717) is 0 Å². The Bertz CT molecular complexity index is 280. The zero-order valence-electron chi connectivity index (χ0n) is 13.2. The average Bonchev–Trinajstić information content (AvgIpc) is 3.12. The number of rotatable bonds is 5. The normalized spacial score (nSPS) is 36.8. The molecular formula is C17H33N3. The van der Waals surface area contributed by atoms with E-state index in [2.05, 4.69) is 22.5 Å². The van der Waals surface area contributed by atoms with E-state index in [-0.39, 0.29) is 0 Å². The molecule has 0 aromatic carbocycles. The zero-order chi connectivity index (χ0) is 13.8. The van der Waals surface area contributed by atoms with Crippen LogP contribution in [0.25, 0.3) is 0 Å². The van der Waals surface area contributed by atoms with Gasteiger partial charge in [-0.05, 0) is 77.0 Å². The van der Waals surface area contributed by atoms with Crippen LogP contribution in [0.5, 0.6) is 0 Å². The number of likely N-dealkylation sites (tertiary alicyclic amines) is 1. The Kier molecular flexibility index (Phi) is 5.36. The van der Waals surface area contributed by atoms with Crippen molar-refractivity contribution in [3.05, 3.63) is 0 Å². The molecule has 116 valence electrons. The summed E-state index contributed by atoms with van der Waals surface area (Å²) in [5, 5.41) is 7.78. The standard InChI is InChI=1S/C17H33N3/c1-2-11-20-12-8-14(9-13-20)19-17-6-3-5-15(17)16-7-4-10-18-16/h14-19H,2-13H2,1H3. The summed E-state index contributed by atoms with van der Waals surface area (Å²) >= 11 is 0. The summed E-state index contributed by atoms with van der Waals surface area (Å²) < 4.78 is 0. The van der Waals surface area contributed by atoms with Gasteiger partial charge in [0.1, 0.15) is 0 Å². The second kappa shape index (κ2) is 7.24. The molecule has 3 unspecified atom stereocenters. The van der Waals surface area contributed by atoms with Crippen LogP contribution in [0.15, 0.2) is 0 Å². The molecule has 2 heterocycles. The Hall–Kier alpha value is -0.120. The highest BCUT2D eigenvalue weighted by Crippen LogP contribution is 2.32. The first-order valence-corrected chi connectivity index (χ1v) is 9.08. The third-order valence-electron chi connectivity index (χ3n) is 5.76. The number of hydrogen-bond donors (Lipinski definition) is 2. The second-order valence-corrected chi connectivity index (χ2v) is 7.19. The van der Waals surface area contributed by atoms with Crippen molar-refractivity contribution in [1.29, 1.82) is 0 Å². The molecule has 3 aliphatic rings. The number of nitrogens with one attached hydrogen (secondary N) is 2. The van der Waals surface area contributed by atoms with E-state index >= 15 is 0 Å². The molecular weight excluding hydrogens is 246 g/mol. The molecule has 1 saturated carbocycles. The van der Waals surface area contributed by atoms with E-state index in [1.54, 1.807) is 0 Å². The molecule has 3 heteroatoms. The molecule has 3 nitrogen and oxygen atoms in total. The summed E-state index contributed by atoms with van der Waals surface area (Å²) in [7, 11) is 0. The highest BCUT2D eigenvalue weighted by atomic mass is 15.1. The highest BCUT2D eigenvalue weighted by molar-refractivity contribution is 4.95. The van der Waals surface area contributed by atoms with Crippen LogP contribution in [0.3, 0.4) is 0 Å². The predicted molar refractivity (Wildman–Crippen MR) is 85.0 cm³/mol. The molecule has 0 aromatic heterocycles. The van der Waals surface area contributed by atoms with Crippen LogP contribution in [-0.2, 0) is 0 Å². The lowest BCUT2D eigenvalue weighted by molar-refractivity contribution is 0.181. The van der Waals surface area contributed by atoms with Crippen LogP contribution < -0.4 is 10.6 Å². The van der Waals surface area contributed by atoms with Crippen molar-refractivity contribution in [1.82, 2.24) is 15.5 Å². The van der Waals surface area contributed by atoms with E-state index in [9.17, 15) is 0 Å². The number of nitrogens with zero attached hydrogens (tertiary/aromatic N) is 1. The fourth-order valence-electron chi connectivity index (χ4n) is 4.70. The summed E-state index contributed by atoms with van der Waals surface area (Å²) in [4.78, 5) is 2.64. The van der Waals surface area contributed by atoms with Gasteiger partial charge in [-0.2, -0.15) is 0 Å². The minimum atomic E-state index is 0.787. The maximum Gasteiger partial charge on any atom is 0.0113 e. The summed E-state index contributed by atoms with van der Waals surface area (Å²) in [6.45, 7) is 7.46. The Morgan fingerprint density at radius 3 is 2.60 bits per heavy atom. The van der Waals surface area contributed by atoms with Crippen LogP contribution in [0.1, 0.15) is 58.3 Å². The smallest absolute Gasteiger partial charge is 0.0113 e. The first-order valence-electron chi connectivity index (χ1n) is 9.08. The van der Waals surface area contributed by atoms with Crippen LogP contribution in [-0.4, -0.2) is 49.2 Å². The summed E-state index contributed by atoms with van der Waals surface area (Å²) in [6.07, 6.45) is 11.1. The molecule has 1 aliphatic carbocycles. The summed E-state index contributed by atoms with van der Waals surface area (Å²) in [5.41, 5.74) is 0. The lowest BCUT2D eigenvalue weighted by Crippen LogP contribution is -2.50. The van der Waals surface area contributed by atoms with Gasteiger partial charge in [-0.25, -0.2) is 0 Å². The highest BCUT2D eigenvalue weighted by Gasteiger charge is 2.36. The molecule has 2 N–H and O–H groups in total. The van der Waals surface area contributed by atoms with E-state index in [1.807, 2.05) is 0 Å². The van der Waals surface area contributed by atoms with Gasteiger partial charge in [-0.3, -0.25) is 0 Å². The molecule has 3 atom stereocenters.